The van der Waals surface area contributed by atoms with Crippen molar-refractivity contribution >= 4 is 22.5 Å². The summed E-state index contributed by atoms with van der Waals surface area (Å²) < 4.78 is 0. The Kier molecular flexibility index (Phi) is 2.87. The van der Waals surface area contributed by atoms with Gasteiger partial charge in [0.25, 0.3) is 0 Å². The minimum absolute atomic E-state index is 0.0950. The van der Waals surface area contributed by atoms with Gasteiger partial charge in [-0.05, 0) is 24.5 Å². The maximum Gasteiger partial charge on any atom is 0.0932 e. The molecule has 78 valence electrons. The van der Waals surface area contributed by atoms with E-state index >= 15 is 0 Å². The number of hydrogen-bond donors (Lipinski definition) is 0. The highest BCUT2D eigenvalue weighted by Gasteiger charge is 2.14. The molecule has 1 heterocycles. The first-order chi connectivity index (χ1) is 7.20. The largest absolute Gasteiger partial charge is 0.158 e. The van der Waals surface area contributed by atoms with Crippen LogP contribution in [0.15, 0.2) is 30.5 Å². The van der Waals surface area contributed by atoms with Crippen LogP contribution in [0.25, 0.3) is 10.9 Å². The van der Waals surface area contributed by atoms with Gasteiger partial charge < -0.3 is 0 Å². The Bertz CT molecular complexity index is 463. The van der Waals surface area contributed by atoms with Gasteiger partial charge >= 0.3 is 0 Å². The van der Waals surface area contributed by atoms with E-state index in [1.54, 1.807) is 0 Å². The summed E-state index contributed by atoms with van der Waals surface area (Å²) in [7, 11) is 0. The molecule has 0 N–H and O–H groups in total. The summed E-state index contributed by atoms with van der Waals surface area (Å²) in [6.45, 7) is 4.11. The fraction of sp³-hybridized carbons (Fsp3) is 0.333. The first-order valence-corrected chi connectivity index (χ1v) is 5.48. The first-order valence-electron chi connectivity index (χ1n) is 5.04. The molecule has 3 heteroatoms. The average molecular weight is 221 g/mol. The Balaban J connectivity index is 2.60. The van der Waals surface area contributed by atoms with Gasteiger partial charge in [0.2, 0.25) is 0 Å². The normalized spacial score (nSPS) is 15.1. The molecule has 0 aliphatic heterocycles. The van der Waals surface area contributed by atoms with Crippen LogP contribution < -0.4 is 0 Å². The Morgan fingerprint density at radius 2 is 1.93 bits per heavy atom. The molecule has 1 aromatic heterocycles. The molecule has 0 aliphatic rings. The van der Waals surface area contributed by atoms with E-state index in [0.29, 0.717) is 0 Å². The van der Waals surface area contributed by atoms with Gasteiger partial charge in [0, 0.05) is 10.8 Å². The highest BCUT2D eigenvalue weighted by molar-refractivity contribution is 6.21. The maximum absolute atomic E-state index is 6.11. The summed E-state index contributed by atoms with van der Waals surface area (Å²) in [5.41, 5.74) is 2.10. The average Bonchev–Trinajstić information content (AvgIpc) is 2.27. The van der Waals surface area contributed by atoms with E-state index in [9.17, 15) is 0 Å². The zero-order valence-corrected chi connectivity index (χ0v) is 9.57. The van der Waals surface area contributed by atoms with E-state index in [1.807, 2.05) is 31.3 Å². The van der Waals surface area contributed by atoms with Crippen molar-refractivity contribution in [3.05, 3.63) is 36.0 Å². The molecular weight excluding hydrogens is 208 g/mol. The van der Waals surface area contributed by atoms with Gasteiger partial charge in [-0.2, -0.15) is 10.2 Å². The van der Waals surface area contributed by atoms with Crippen LogP contribution in [0.3, 0.4) is 0 Å². The summed E-state index contributed by atoms with van der Waals surface area (Å²) in [6.07, 6.45) is 1.81. The van der Waals surface area contributed by atoms with Crippen LogP contribution in [0.4, 0.5) is 0 Å². The molecule has 1 aromatic carbocycles. The molecule has 2 nitrogen and oxygen atoms in total. The van der Waals surface area contributed by atoms with Crippen molar-refractivity contribution in [3.63, 3.8) is 0 Å². The molecule has 0 amide bonds. The predicted octanol–water partition coefficient (Wildman–Crippen LogP) is 3.36. The van der Waals surface area contributed by atoms with E-state index < -0.39 is 0 Å². The SMILES string of the molecule is CC(Cl)C(C)c1cnnc2ccccc12. The van der Waals surface area contributed by atoms with Gasteiger partial charge in [-0.25, -0.2) is 0 Å². The monoisotopic (exact) mass is 220 g/mol. The quantitative estimate of drug-likeness (QED) is 0.726. The topological polar surface area (TPSA) is 25.8 Å². The highest BCUT2D eigenvalue weighted by atomic mass is 35.5. The van der Waals surface area contributed by atoms with Crippen LogP contribution in [0.1, 0.15) is 25.3 Å². The number of benzene rings is 1. The fourth-order valence-electron chi connectivity index (χ4n) is 1.64. The van der Waals surface area contributed by atoms with Gasteiger partial charge in [-0.1, -0.05) is 25.1 Å². The number of rotatable bonds is 2. The second kappa shape index (κ2) is 4.15. The molecule has 2 aromatic rings. The Morgan fingerprint density at radius 3 is 2.67 bits per heavy atom. The van der Waals surface area contributed by atoms with Gasteiger partial charge in [0.15, 0.2) is 0 Å². The van der Waals surface area contributed by atoms with Crippen molar-refractivity contribution < 1.29 is 0 Å². The lowest BCUT2D eigenvalue weighted by molar-refractivity contribution is 0.741. The minimum Gasteiger partial charge on any atom is -0.158 e. The predicted molar refractivity (Wildman–Crippen MR) is 63.3 cm³/mol. The molecule has 0 spiro atoms. The van der Waals surface area contributed by atoms with E-state index in [4.69, 9.17) is 11.6 Å². The van der Waals surface area contributed by atoms with E-state index in [0.717, 1.165) is 10.9 Å². The molecule has 2 atom stereocenters. The number of hydrogen-bond acceptors (Lipinski definition) is 2. The standard InChI is InChI=1S/C12H13ClN2/c1-8(9(2)13)11-7-14-15-12-6-4-3-5-10(11)12/h3-9H,1-2H3. The minimum atomic E-state index is 0.0950. The molecule has 0 radical (unpaired) electrons. The summed E-state index contributed by atoms with van der Waals surface area (Å²) in [5, 5.41) is 9.34. The number of nitrogens with zero attached hydrogens (tertiary/aromatic N) is 2. The summed E-state index contributed by atoms with van der Waals surface area (Å²) >= 11 is 6.11. The van der Waals surface area contributed by atoms with Crippen molar-refractivity contribution in [2.45, 2.75) is 25.1 Å². The molecule has 0 saturated carbocycles. The first kappa shape index (κ1) is 10.4. The molecule has 0 bridgehead atoms. The van der Waals surface area contributed by atoms with Gasteiger partial charge in [0.05, 0.1) is 11.7 Å². The smallest absolute Gasteiger partial charge is 0.0932 e. The zero-order chi connectivity index (χ0) is 10.8. The number of halogens is 1. The van der Waals surface area contributed by atoms with Crippen molar-refractivity contribution in [1.29, 1.82) is 0 Å². The van der Waals surface area contributed by atoms with E-state index in [2.05, 4.69) is 23.2 Å². The van der Waals surface area contributed by atoms with Gasteiger partial charge in [-0.15, -0.1) is 11.6 Å². The lowest BCUT2D eigenvalue weighted by atomic mass is 9.96. The second-order valence-electron chi connectivity index (χ2n) is 3.78. The van der Waals surface area contributed by atoms with Gasteiger partial charge in [0.1, 0.15) is 0 Å². The van der Waals surface area contributed by atoms with E-state index in [1.165, 1.54) is 5.56 Å². The number of aromatic nitrogens is 2. The van der Waals surface area contributed by atoms with Crippen molar-refractivity contribution in [3.8, 4) is 0 Å². The van der Waals surface area contributed by atoms with E-state index in [-0.39, 0.29) is 11.3 Å². The van der Waals surface area contributed by atoms with Crippen LogP contribution in [0, 0.1) is 0 Å². The third-order valence-corrected chi connectivity index (χ3v) is 3.13. The Morgan fingerprint density at radius 1 is 1.20 bits per heavy atom. The highest BCUT2D eigenvalue weighted by Crippen LogP contribution is 2.27. The molecule has 2 unspecified atom stereocenters. The maximum atomic E-state index is 6.11. The molecule has 2 rings (SSSR count). The Hall–Kier alpha value is -1.15. The molecule has 0 aliphatic carbocycles. The number of fused-ring (bicyclic) bond motifs is 1. The Labute approximate surface area is 94.3 Å². The molecule has 0 fully saturated rings. The molecule has 15 heavy (non-hydrogen) atoms. The third-order valence-electron chi connectivity index (χ3n) is 2.76. The molecular formula is C12H13ClN2. The third kappa shape index (κ3) is 1.95. The van der Waals surface area contributed by atoms with Gasteiger partial charge in [-0.3, -0.25) is 0 Å². The summed E-state index contributed by atoms with van der Waals surface area (Å²) in [6, 6.07) is 8.02. The van der Waals surface area contributed by atoms with Crippen molar-refractivity contribution in [1.82, 2.24) is 10.2 Å². The van der Waals surface area contributed by atoms with Crippen LogP contribution in [-0.4, -0.2) is 15.6 Å². The summed E-state index contributed by atoms with van der Waals surface area (Å²) in [4.78, 5) is 0. The van der Waals surface area contributed by atoms with Crippen LogP contribution in [0.2, 0.25) is 0 Å². The van der Waals surface area contributed by atoms with Crippen molar-refractivity contribution in [2.75, 3.05) is 0 Å². The summed E-state index contributed by atoms with van der Waals surface area (Å²) in [5.74, 6) is 0.284. The van der Waals surface area contributed by atoms with Crippen LogP contribution in [-0.2, 0) is 0 Å². The second-order valence-corrected chi connectivity index (χ2v) is 4.47. The van der Waals surface area contributed by atoms with Crippen molar-refractivity contribution in [2.24, 2.45) is 0 Å². The molecule has 0 saturated heterocycles. The lowest BCUT2D eigenvalue weighted by Crippen LogP contribution is -2.06. The number of alkyl halides is 1. The van der Waals surface area contributed by atoms with Crippen LogP contribution in [0.5, 0.6) is 0 Å². The lowest BCUT2D eigenvalue weighted by Gasteiger charge is -2.15. The van der Waals surface area contributed by atoms with Crippen LogP contribution >= 0.6 is 11.6 Å². The fourth-order valence-corrected chi connectivity index (χ4v) is 1.77. The zero-order valence-electron chi connectivity index (χ0n) is 8.81.